The lowest BCUT2D eigenvalue weighted by Crippen LogP contribution is -2.25. The lowest BCUT2D eigenvalue weighted by atomic mass is 10.1. The first kappa shape index (κ1) is 12.3. The highest BCUT2D eigenvalue weighted by Crippen LogP contribution is 2.15. The van der Waals surface area contributed by atoms with E-state index in [0.29, 0.717) is 12.1 Å². The number of hydrogen-bond donors (Lipinski definition) is 1. The van der Waals surface area contributed by atoms with E-state index >= 15 is 0 Å². The van der Waals surface area contributed by atoms with Crippen molar-refractivity contribution in [2.24, 2.45) is 0 Å². The van der Waals surface area contributed by atoms with Gasteiger partial charge in [0.2, 0.25) is 5.91 Å². The molecular weight excluding hydrogens is 219 g/mol. The Balaban J connectivity index is 2.81. The lowest BCUT2D eigenvalue weighted by molar-refractivity contribution is -0.120. The molecule has 0 aliphatic carbocycles. The van der Waals surface area contributed by atoms with Gasteiger partial charge in [0.05, 0.1) is 6.42 Å². The van der Waals surface area contributed by atoms with Gasteiger partial charge in [0.25, 0.3) is 0 Å². The van der Waals surface area contributed by atoms with Crippen LogP contribution in [0.5, 0.6) is 0 Å². The molecule has 0 bridgehead atoms. The fourth-order valence-corrected chi connectivity index (χ4v) is 1.15. The van der Waals surface area contributed by atoms with Crippen molar-refractivity contribution in [3.05, 3.63) is 47.8 Å². The normalized spacial score (nSPS) is 9.94. The maximum absolute atomic E-state index is 13.1. The monoisotopic (exact) mass is 229 g/mol. The Morgan fingerprint density at radius 1 is 1.31 bits per heavy atom. The van der Waals surface area contributed by atoms with Crippen molar-refractivity contribution in [2.45, 2.75) is 6.42 Å². The summed E-state index contributed by atoms with van der Waals surface area (Å²) < 4.78 is 38.8. The van der Waals surface area contributed by atoms with E-state index in [1.807, 2.05) is 0 Å². The summed E-state index contributed by atoms with van der Waals surface area (Å²) in [5.74, 6) is -3.69. The van der Waals surface area contributed by atoms with E-state index in [1.165, 1.54) is 6.08 Å². The van der Waals surface area contributed by atoms with Crippen LogP contribution in [0.1, 0.15) is 5.56 Å². The second kappa shape index (κ2) is 5.34. The van der Waals surface area contributed by atoms with Gasteiger partial charge in [-0.05, 0) is 0 Å². The number of hydrogen-bond acceptors (Lipinski definition) is 1. The van der Waals surface area contributed by atoms with Crippen LogP contribution in [-0.2, 0) is 11.2 Å². The molecule has 0 aliphatic rings. The van der Waals surface area contributed by atoms with Gasteiger partial charge in [-0.2, -0.15) is 0 Å². The molecule has 86 valence electrons. The molecule has 2 nitrogen and oxygen atoms in total. The van der Waals surface area contributed by atoms with E-state index in [0.717, 1.165) is 0 Å². The van der Waals surface area contributed by atoms with Gasteiger partial charge >= 0.3 is 0 Å². The smallest absolute Gasteiger partial charge is 0.224 e. The van der Waals surface area contributed by atoms with Gasteiger partial charge in [-0.3, -0.25) is 4.79 Å². The molecule has 0 aromatic heterocycles. The number of carbonyl (C=O) groups excluding carboxylic acids is 1. The molecule has 0 unspecified atom stereocenters. The Labute approximate surface area is 90.8 Å². The fraction of sp³-hybridized carbons (Fsp3) is 0.182. The molecular formula is C11H10F3NO. The van der Waals surface area contributed by atoms with Gasteiger partial charge in [0.1, 0.15) is 17.5 Å². The summed E-state index contributed by atoms with van der Waals surface area (Å²) in [7, 11) is 0. The maximum Gasteiger partial charge on any atom is 0.224 e. The zero-order valence-electron chi connectivity index (χ0n) is 8.40. The standard InChI is InChI=1S/C11H10F3NO/c1-2-3-15-11(16)6-8-9(13)4-7(12)5-10(8)14/h2,4-5H,1,3,6H2,(H,15,16). The minimum Gasteiger partial charge on any atom is -0.352 e. The van der Waals surface area contributed by atoms with Crippen LogP contribution < -0.4 is 5.32 Å². The summed E-state index contributed by atoms with van der Waals surface area (Å²) in [6.07, 6.45) is 0.973. The Morgan fingerprint density at radius 2 is 1.88 bits per heavy atom. The van der Waals surface area contributed by atoms with E-state index in [1.54, 1.807) is 0 Å². The zero-order chi connectivity index (χ0) is 12.1. The summed E-state index contributed by atoms with van der Waals surface area (Å²) in [5, 5.41) is 2.37. The molecule has 1 aromatic carbocycles. The molecule has 1 amide bonds. The van der Waals surface area contributed by atoms with Crippen LogP contribution >= 0.6 is 0 Å². The number of carbonyl (C=O) groups is 1. The third-order valence-electron chi connectivity index (χ3n) is 1.89. The van der Waals surface area contributed by atoms with Crippen molar-refractivity contribution in [1.29, 1.82) is 0 Å². The molecule has 5 heteroatoms. The van der Waals surface area contributed by atoms with Crippen molar-refractivity contribution >= 4 is 5.91 Å². The number of amides is 1. The molecule has 0 saturated heterocycles. The second-order valence-corrected chi connectivity index (χ2v) is 3.12. The Hall–Kier alpha value is -1.78. The van der Waals surface area contributed by atoms with Gasteiger partial charge in [-0.25, -0.2) is 13.2 Å². The summed E-state index contributed by atoms with van der Waals surface area (Å²) in [6.45, 7) is 3.59. The van der Waals surface area contributed by atoms with E-state index < -0.39 is 35.3 Å². The average Bonchev–Trinajstić information content (AvgIpc) is 2.20. The molecule has 16 heavy (non-hydrogen) atoms. The van der Waals surface area contributed by atoms with Crippen molar-refractivity contribution in [2.75, 3.05) is 6.54 Å². The van der Waals surface area contributed by atoms with Gasteiger partial charge in [0, 0.05) is 24.2 Å². The Morgan fingerprint density at radius 3 is 2.38 bits per heavy atom. The predicted octanol–water partition coefficient (Wildman–Crippen LogP) is 1.95. The topological polar surface area (TPSA) is 29.1 Å². The van der Waals surface area contributed by atoms with Crippen molar-refractivity contribution < 1.29 is 18.0 Å². The summed E-state index contributed by atoms with van der Waals surface area (Å²) in [6, 6.07) is 1.08. The number of benzene rings is 1. The summed E-state index contributed by atoms with van der Waals surface area (Å²) in [5.41, 5.74) is -0.442. The average molecular weight is 229 g/mol. The molecule has 1 aromatic rings. The van der Waals surface area contributed by atoms with E-state index in [-0.39, 0.29) is 6.54 Å². The fourth-order valence-electron chi connectivity index (χ4n) is 1.15. The number of halogens is 3. The van der Waals surface area contributed by atoms with Gasteiger partial charge in [-0.1, -0.05) is 6.08 Å². The Bertz CT molecular complexity index is 395. The maximum atomic E-state index is 13.1. The highest BCUT2D eigenvalue weighted by molar-refractivity contribution is 5.78. The highest BCUT2D eigenvalue weighted by atomic mass is 19.1. The molecule has 0 heterocycles. The molecule has 0 aliphatic heterocycles. The van der Waals surface area contributed by atoms with Crippen LogP contribution in [-0.4, -0.2) is 12.5 Å². The first-order valence-corrected chi connectivity index (χ1v) is 4.55. The number of rotatable bonds is 4. The molecule has 0 saturated carbocycles. The summed E-state index contributed by atoms with van der Waals surface area (Å²) >= 11 is 0. The SMILES string of the molecule is C=CCNC(=O)Cc1c(F)cc(F)cc1F. The lowest BCUT2D eigenvalue weighted by Gasteiger charge is -2.05. The summed E-state index contributed by atoms with van der Waals surface area (Å²) in [4.78, 5) is 11.2. The van der Waals surface area contributed by atoms with E-state index in [9.17, 15) is 18.0 Å². The van der Waals surface area contributed by atoms with E-state index in [4.69, 9.17) is 0 Å². The van der Waals surface area contributed by atoms with Crippen LogP contribution in [0.2, 0.25) is 0 Å². The van der Waals surface area contributed by atoms with Crippen molar-refractivity contribution in [3.63, 3.8) is 0 Å². The predicted molar refractivity (Wildman–Crippen MR) is 53.2 cm³/mol. The minimum atomic E-state index is -1.06. The molecule has 0 atom stereocenters. The molecule has 0 spiro atoms. The van der Waals surface area contributed by atoms with E-state index in [2.05, 4.69) is 11.9 Å². The molecule has 1 rings (SSSR count). The Kier molecular flexibility index (Phi) is 4.10. The second-order valence-electron chi connectivity index (χ2n) is 3.12. The first-order valence-electron chi connectivity index (χ1n) is 4.55. The highest BCUT2D eigenvalue weighted by Gasteiger charge is 2.14. The zero-order valence-corrected chi connectivity index (χ0v) is 8.40. The molecule has 1 N–H and O–H groups in total. The third kappa shape index (κ3) is 3.12. The van der Waals surface area contributed by atoms with Crippen LogP contribution in [0.3, 0.4) is 0 Å². The third-order valence-corrected chi connectivity index (χ3v) is 1.89. The van der Waals surface area contributed by atoms with Crippen LogP contribution in [0, 0.1) is 17.5 Å². The quantitative estimate of drug-likeness (QED) is 0.785. The van der Waals surface area contributed by atoms with Crippen LogP contribution in [0.25, 0.3) is 0 Å². The first-order chi connectivity index (χ1) is 7.54. The molecule has 0 fully saturated rings. The van der Waals surface area contributed by atoms with Gasteiger partial charge in [0.15, 0.2) is 0 Å². The van der Waals surface area contributed by atoms with Crippen molar-refractivity contribution in [3.8, 4) is 0 Å². The molecule has 0 radical (unpaired) electrons. The van der Waals surface area contributed by atoms with Gasteiger partial charge in [-0.15, -0.1) is 6.58 Å². The number of nitrogens with one attached hydrogen (secondary N) is 1. The minimum absolute atomic E-state index is 0.212. The largest absolute Gasteiger partial charge is 0.352 e. The van der Waals surface area contributed by atoms with Gasteiger partial charge < -0.3 is 5.32 Å². The van der Waals surface area contributed by atoms with Crippen LogP contribution in [0.4, 0.5) is 13.2 Å². The van der Waals surface area contributed by atoms with Crippen LogP contribution in [0.15, 0.2) is 24.8 Å². The van der Waals surface area contributed by atoms with Crippen molar-refractivity contribution in [1.82, 2.24) is 5.32 Å².